The molecule has 7 nitrogen and oxygen atoms in total. The summed E-state index contributed by atoms with van der Waals surface area (Å²) in [7, 11) is 0. The normalized spacial score (nSPS) is 20.4. The van der Waals surface area contributed by atoms with Gasteiger partial charge in [-0.2, -0.15) is 0 Å². The fourth-order valence-corrected chi connectivity index (χ4v) is 4.47. The molecule has 0 spiro atoms. The zero-order chi connectivity index (χ0) is 23.9. The summed E-state index contributed by atoms with van der Waals surface area (Å²) in [6.07, 6.45) is 7.15. The van der Waals surface area contributed by atoms with Gasteiger partial charge in [0.2, 0.25) is 5.88 Å². The van der Waals surface area contributed by atoms with Gasteiger partial charge in [0.1, 0.15) is 23.3 Å². The molecule has 0 aliphatic heterocycles. The zero-order valence-corrected chi connectivity index (χ0v) is 19.1. The van der Waals surface area contributed by atoms with Crippen LogP contribution in [0.15, 0.2) is 48.9 Å². The molecular formula is C25H22ClFN4O3. The Morgan fingerprint density at radius 3 is 2.59 bits per heavy atom. The maximum Gasteiger partial charge on any atom is 0.309 e. The number of carbonyl (C=O) groups is 1. The number of pyridine rings is 2. The number of hydrogen-bond acceptors (Lipinski definition) is 5. The van der Waals surface area contributed by atoms with E-state index in [0.29, 0.717) is 64.6 Å². The summed E-state index contributed by atoms with van der Waals surface area (Å²) in [6, 6.07) is 8.48. The molecule has 2 N–H and O–H groups in total. The molecule has 34 heavy (non-hydrogen) atoms. The highest BCUT2D eigenvalue weighted by molar-refractivity contribution is 6.34. The number of carboxylic acids is 1. The molecule has 1 aliphatic rings. The van der Waals surface area contributed by atoms with Gasteiger partial charge in [0.25, 0.3) is 0 Å². The Labute approximate surface area is 200 Å². The molecule has 1 aromatic carbocycles. The molecule has 3 aromatic heterocycles. The van der Waals surface area contributed by atoms with E-state index in [4.69, 9.17) is 16.3 Å². The number of nitrogens with one attached hydrogen (secondary N) is 1. The summed E-state index contributed by atoms with van der Waals surface area (Å²) < 4.78 is 20.9. The number of fused-ring (bicyclic) bond motifs is 1. The van der Waals surface area contributed by atoms with Crippen molar-refractivity contribution in [3.8, 4) is 28.4 Å². The van der Waals surface area contributed by atoms with Crippen molar-refractivity contribution in [3.05, 3.63) is 59.8 Å². The Kier molecular flexibility index (Phi) is 5.69. The molecule has 0 saturated heterocycles. The van der Waals surface area contributed by atoms with Crippen molar-refractivity contribution < 1.29 is 19.0 Å². The minimum absolute atomic E-state index is 0.0602. The Balaban J connectivity index is 1.29. The van der Waals surface area contributed by atoms with Gasteiger partial charge < -0.3 is 14.8 Å². The molecule has 174 valence electrons. The number of benzene rings is 1. The molecule has 1 saturated carbocycles. The molecule has 1 fully saturated rings. The summed E-state index contributed by atoms with van der Waals surface area (Å²) in [6.45, 7) is 1.78. The Morgan fingerprint density at radius 2 is 1.94 bits per heavy atom. The van der Waals surface area contributed by atoms with Crippen molar-refractivity contribution in [2.75, 3.05) is 0 Å². The molecule has 4 aromatic rings. The molecule has 0 radical (unpaired) electrons. The first kappa shape index (κ1) is 22.3. The second kappa shape index (κ2) is 8.68. The molecule has 9 heteroatoms. The minimum atomic E-state index is -0.757. The standard InChI is InChI=1S/C25H22ClFN4O3/c1-25(24(32)33)8-6-16(7-9-25)34-21-5-3-15(11-29-21)14-2-4-17(19(27)10-14)23-30-20-13-28-12-18(26)22(20)31-23/h2-5,10-13,16H,6-9H2,1H3,(H,30,31)(H,32,33). The van der Waals surface area contributed by atoms with Gasteiger partial charge in [-0.15, -0.1) is 0 Å². The maximum atomic E-state index is 15.0. The van der Waals surface area contributed by atoms with Crippen molar-refractivity contribution in [3.63, 3.8) is 0 Å². The highest BCUT2D eigenvalue weighted by atomic mass is 35.5. The van der Waals surface area contributed by atoms with E-state index in [0.717, 1.165) is 5.56 Å². The molecule has 3 heterocycles. The van der Waals surface area contributed by atoms with Crippen molar-refractivity contribution in [2.24, 2.45) is 5.41 Å². The van der Waals surface area contributed by atoms with Gasteiger partial charge in [-0.1, -0.05) is 17.7 Å². The highest BCUT2D eigenvalue weighted by Gasteiger charge is 2.38. The number of nitrogens with zero attached hydrogens (tertiary/aromatic N) is 3. The van der Waals surface area contributed by atoms with E-state index in [9.17, 15) is 14.3 Å². The first-order chi connectivity index (χ1) is 16.3. The van der Waals surface area contributed by atoms with E-state index in [1.165, 1.54) is 12.3 Å². The van der Waals surface area contributed by atoms with Crippen LogP contribution in [0.5, 0.6) is 5.88 Å². The highest BCUT2D eigenvalue weighted by Crippen LogP contribution is 2.37. The second-order valence-electron chi connectivity index (χ2n) is 8.87. The van der Waals surface area contributed by atoms with Crippen LogP contribution in [0, 0.1) is 11.2 Å². The van der Waals surface area contributed by atoms with E-state index in [1.54, 1.807) is 37.5 Å². The summed E-state index contributed by atoms with van der Waals surface area (Å²) in [5, 5.41) is 9.76. The lowest BCUT2D eigenvalue weighted by Crippen LogP contribution is -2.36. The van der Waals surface area contributed by atoms with Crippen LogP contribution in [-0.4, -0.2) is 37.1 Å². The third-order valence-corrected chi connectivity index (χ3v) is 6.76. The fraction of sp³-hybridized carbons (Fsp3) is 0.280. The molecule has 0 bridgehead atoms. The Morgan fingerprint density at radius 1 is 1.18 bits per heavy atom. The summed E-state index contributed by atoms with van der Waals surface area (Å²) >= 11 is 6.12. The largest absolute Gasteiger partial charge is 0.481 e. The third-order valence-electron chi connectivity index (χ3n) is 6.48. The Hall–Kier alpha value is -3.52. The van der Waals surface area contributed by atoms with Gasteiger partial charge in [-0.25, -0.2) is 14.4 Å². The second-order valence-corrected chi connectivity index (χ2v) is 9.27. The van der Waals surface area contributed by atoms with Crippen molar-refractivity contribution >= 4 is 28.6 Å². The Bertz CT molecular complexity index is 1360. The number of aromatic nitrogens is 4. The number of aliphatic carboxylic acids is 1. The lowest BCUT2D eigenvalue weighted by Gasteiger charge is -2.33. The number of halogens is 2. The number of imidazole rings is 1. The van der Waals surface area contributed by atoms with Crippen LogP contribution in [0.25, 0.3) is 33.5 Å². The molecule has 1 aliphatic carbocycles. The maximum absolute atomic E-state index is 15.0. The van der Waals surface area contributed by atoms with E-state index in [2.05, 4.69) is 19.9 Å². The van der Waals surface area contributed by atoms with Crippen LogP contribution in [0.3, 0.4) is 0 Å². The zero-order valence-electron chi connectivity index (χ0n) is 18.4. The third kappa shape index (κ3) is 4.21. The molecule has 0 atom stereocenters. The number of carboxylic acid groups (broad SMARTS) is 1. The monoisotopic (exact) mass is 480 g/mol. The number of ether oxygens (including phenoxy) is 1. The summed E-state index contributed by atoms with van der Waals surface area (Å²) in [5.41, 5.74) is 2.24. The lowest BCUT2D eigenvalue weighted by atomic mass is 9.75. The van der Waals surface area contributed by atoms with Crippen LogP contribution in [-0.2, 0) is 4.79 Å². The van der Waals surface area contributed by atoms with Gasteiger partial charge in [-0.05, 0) is 56.4 Å². The van der Waals surface area contributed by atoms with Crippen molar-refractivity contribution in [1.82, 2.24) is 19.9 Å². The van der Waals surface area contributed by atoms with Crippen LogP contribution < -0.4 is 4.74 Å². The average Bonchev–Trinajstić information content (AvgIpc) is 3.26. The SMILES string of the molecule is CC1(C(=O)O)CCC(Oc2ccc(-c3ccc(-c4nc5c(Cl)cncc5[nH]4)c(F)c3)cn2)CC1. The molecule has 0 amide bonds. The summed E-state index contributed by atoms with van der Waals surface area (Å²) in [5.74, 6) is -0.336. The van der Waals surface area contributed by atoms with Crippen LogP contribution >= 0.6 is 11.6 Å². The number of hydrogen-bond donors (Lipinski definition) is 2. The molecular weight excluding hydrogens is 459 g/mol. The average molecular weight is 481 g/mol. The molecule has 5 rings (SSSR count). The topological polar surface area (TPSA) is 101 Å². The van der Waals surface area contributed by atoms with Crippen LogP contribution in [0.1, 0.15) is 32.6 Å². The van der Waals surface area contributed by atoms with Gasteiger partial charge in [-0.3, -0.25) is 9.78 Å². The van der Waals surface area contributed by atoms with Crippen molar-refractivity contribution in [2.45, 2.75) is 38.7 Å². The first-order valence-corrected chi connectivity index (χ1v) is 11.4. The lowest BCUT2D eigenvalue weighted by molar-refractivity contribution is -0.150. The predicted molar refractivity (Wildman–Crippen MR) is 126 cm³/mol. The fourth-order valence-electron chi connectivity index (χ4n) is 4.27. The van der Waals surface area contributed by atoms with E-state index < -0.39 is 17.2 Å². The van der Waals surface area contributed by atoms with E-state index >= 15 is 0 Å². The quantitative estimate of drug-likeness (QED) is 0.369. The van der Waals surface area contributed by atoms with Crippen LogP contribution in [0.2, 0.25) is 5.02 Å². The van der Waals surface area contributed by atoms with E-state index in [-0.39, 0.29) is 6.10 Å². The minimum Gasteiger partial charge on any atom is -0.481 e. The smallest absolute Gasteiger partial charge is 0.309 e. The molecule has 0 unspecified atom stereocenters. The van der Waals surface area contributed by atoms with Crippen LogP contribution in [0.4, 0.5) is 4.39 Å². The van der Waals surface area contributed by atoms with E-state index in [1.807, 2.05) is 6.07 Å². The number of H-pyrrole nitrogens is 1. The predicted octanol–water partition coefficient (Wildman–Crippen LogP) is 5.89. The summed E-state index contributed by atoms with van der Waals surface area (Å²) in [4.78, 5) is 27.2. The van der Waals surface area contributed by atoms with Gasteiger partial charge in [0.15, 0.2) is 0 Å². The van der Waals surface area contributed by atoms with Gasteiger partial charge >= 0.3 is 5.97 Å². The van der Waals surface area contributed by atoms with Gasteiger partial charge in [0, 0.05) is 24.0 Å². The first-order valence-electron chi connectivity index (χ1n) is 11.0. The number of rotatable bonds is 5. The van der Waals surface area contributed by atoms with Crippen molar-refractivity contribution in [1.29, 1.82) is 0 Å². The number of aromatic amines is 1. The van der Waals surface area contributed by atoms with Gasteiger partial charge in [0.05, 0.1) is 27.7 Å².